The number of hydrogen-bond acceptors (Lipinski definition) is 3. The van der Waals surface area contributed by atoms with E-state index in [4.69, 9.17) is 5.73 Å². The molecule has 1 aromatic rings. The van der Waals surface area contributed by atoms with E-state index in [9.17, 15) is 13.6 Å². The number of benzene rings is 1. The van der Waals surface area contributed by atoms with Gasteiger partial charge in [0.1, 0.15) is 11.6 Å². The fraction of sp³-hybridized carbons (Fsp3) is 0.462. The van der Waals surface area contributed by atoms with Crippen LogP contribution in [0.15, 0.2) is 18.2 Å². The molecule has 4 nitrogen and oxygen atoms in total. The molecule has 2 rings (SSSR count). The van der Waals surface area contributed by atoms with E-state index in [2.05, 4.69) is 5.32 Å². The van der Waals surface area contributed by atoms with Gasteiger partial charge in [0.15, 0.2) is 0 Å². The Balaban J connectivity index is 0.00000200. The molecule has 1 heterocycles. The third-order valence-corrected chi connectivity index (χ3v) is 3.27. The molecule has 1 atom stereocenters. The summed E-state index contributed by atoms with van der Waals surface area (Å²) in [7, 11) is 0. The van der Waals surface area contributed by atoms with Gasteiger partial charge in [0.25, 0.3) is 0 Å². The number of likely N-dealkylation sites (tertiary alicyclic amines) is 1. The number of halogens is 3. The molecule has 1 aromatic carbocycles. The van der Waals surface area contributed by atoms with Crippen LogP contribution in [0.1, 0.15) is 6.42 Å². The van der Waals surface area contributed by atoms with Crippen molar-refractivity contribution in [1.82, 2.24) is 4.90 Å². The van der Waals surface area contributed by atoms with E-state index in [1.54, 1.807) is 0 Å². The minimum absolute atomic E-state index is 0. The van der Waals surface area contributed by atoms with E-state index in [-0.39, 0.29) is 30.5 Å². The SMILES string of the molecule is Cl.NCC1CCN(CC(=O)Nc2cc(F)ccc2F)C1. The number of nitrogens with zero attached hydrogens (tertiary/aromatic N) is 1. The number of hydrogen-bond donors (Lipinski definition) is 2. The van der Waals surface area contributed by atoms with E-state index < -0.39 is 11.6 Å². The van der Waals surface area contributed by atoms with E-state index in [0.717, 1.165) is 37.7 Å². The number of carbonyl (C=O) groups is 1. The lowest BCUT2D eigenvalue weighted by atomic mass is 10.1. The summed E-state index contributed by atoms with van der Waals surface area (Å²) in [4.78, 5) is 13.7. The summed E-state index contributed by atoms with van der Waals surface area (Å²) in [5.74, 6) is -1.15. The smallest absolute Gasteiger partial charge is 0.238 e. The Morgan fingerprint density at radius 2 is 2.20 bits per heavy atom. The largest absolute Gasteiger partial charge is 0.330 e. The van der Waals surface area contributed by atoms with Crippen LogP contribution < -0.4 is 11.1 Å². The molecule has 0 aliphatic carbocycles. The summed E-state index contributed by atoms with van der Waals surface area (Å²) in [5.41, 5.74) is 5.44. The Labute approximate surface area is 122 Å². The average Bonchev–Trinajstić information content (AvgIpc) is 2.81. The molecule has 0 radical (unpaired) electrons. The van der Waals surface area contributed by atoms with Crippen LogP contribution >= 0.6 is 12.4 Å². The Kier molecular flexibility index (Phi) is 6.32. The highest BCUT2D eigenvalue weighted by atomic mass is 35.5. The topological polar surface area (TPSA) is 58.4 Å². The molecule has 7 heteroatoms. The Morgan fingerprint density at radius 1 is 1.45 bits per heavy atom. The van der Waals surface area contributed by atoms with Gasteiger partial charge >= 0.3 is 0 Å². The van der Waals surface area contributed by atoms with Crippen molar-refractivity contribution in [3.63, 3.8) is 0 Å². The molecule has 1 unspecified atom stereocenters. The van der Waals surface area contributed by atoms with Gasteiger partial charge in [-0.2, -0.15) is 0 Å². The zero-order chi connectivity index (χ0) is 13.8. The van der Waals surface area contributed by atoms with Crippen molar-refractivity contribution in [2.75, 3.05) is 31.5 Å². The Bertz CT molecular complexity index is 473. The minimum atomic E-state index is -0.643. The van der Waals surface area contributed by atoms with Gasteiger partial charge in [0, 0.05) is 12.6 Å². The molecular weight excluding hydrogens is 288 g/mol. The standard InChI is InChI=1S/C13H17F2N3O.ClH/c14-10-1-2-11(15)12(5-10)17-13(19)8-18-4-3-9(6-16)7-18;/h1-2,5,9H,3-4,6-8,16H2,(H,17,19);1H. The van der Waals surface area contributed by atoms with Crippen molar-refractivity contribution >= 4 is 24.0 Å². The average molecular weight is 306 g/mol. The summed E-state index contributed by atoms with van der Waals surface area (Å²) in [6.07, 6.45) is 0.970. The second-order valence-corrected chi connectivity index (χ2v) is 4.80. The predicted molar refractivity (Wildman–Crippen MR) is 75.8 cm³/mol. The summed E-state index contributed by atoms with van der Waals surface area (Å²) < 4.78 is 26.3. The molecule has 0 bridgehead atoms. The van der Waals surface area contributed by atoms with Crippen LogP contribution in [0.2, 0.25) is 0 Å². The number of nitrogens with two attached hydrogens (primary N) is 1. The van der Waals surface area contributed by atoms with Crippen molar-refractivity contribution in [2.45, 2.75) is 6.42 Å². The van der Waals surface area contributed by atoms with E-state index in [1.807, 2.05) is 4.90 Å². The molecule has 0 saturated carbocycles. The molecule has 1 aliphatic heterocycles. The molecule has 3 N–H and O–H groups in total. The molecule has 112 valence electrons. The highest BCUT2D eigenvalue weighted by molar-refractivity contribution is 5.92. The van der Waals surface area contributed by atoms with Gasteiger partial charge in [-0.25, -0.2) is 8.78 Å². The second-order valence-electron chi connectivity index (χ2n) is 4.80. The number of rotatable bonds is 4. The molecule has 0 aromatic heterocycles. The first-order chi connectivity index (χ1) is 9.08. The number of nitrogens with one attached hydrogen (secondary N) is 1. The minimum Gasteiger partial charge on any atom is -0.330 e. The Hall–Kier alpha value is -1.24. The molecule has 1 fully saturated rings. The fourth-order valence-corrected chi connectivity index (χ4v) is 2.23. The lowest BCUT2D eigenvalue weighted by Crippen LogP contribution is -2.32. The molecule has 1 aliphatic rings. The summed E-state index contributed by atoms with van der Waals surface area (Å²) in [6, 6.07) is 2.97. The van der Waals surface area contributed by atoms with Gasteiger partial charge in [0.2, 0.25) is 5.91 Å². The van der Waals surface area contributed by atoms with Crippen LogP contribution in [-0.2, 0) is 4.79 Å². The van der Waals surface area contributed by atoms with E-state index >= 15 is 0 Å². The third-order valence-electron chi connectivity index (χ3n) is 3.27. The maximum absolute atomic E-state index is 13.3. The van der Waals surface area contributed by atoms with Crippen molar-refractivity contribution < 1.29 is 13.6 Å². The number of carbonyl (C=O) groups excluding carboxylic acids is 1. The van der Waals surface area contributed by atoms with Crippen LogP contribution in [0.3, 0.4) is 0 Å². The highest BCUT2D eigenvalue weighted by Gasteiger charge is 2.23. The molecular formula is C13H18ClF2N3O. The van der Waals surface area contributed by atoms with E-state index in [0.29, 0.717) is 12.5 Å². The third kappa shape index (κ3) is 4.40. The van der Waals surface area contributed by atoms with Gasteiger partial charge < -0.3 is 11.1 Å². The van der Waals surface area contributed by atoms with Crippen LogP contribution in [0.4, 0.5) is 14.5 Å². The summed E-state index contributed by atoms with van der Waals surface area (Å²) in [6.45, 7) is 2.36. The zero-order valence-corrected chi connectivity index (χ0v) is 11.8. The van der Waals surface area contributed by atoms with Crippen LogP contribution in [0.25, 0.3) is 0 Å². The van der Waals surface area contributed by atoms with Gasteiger partial charge in [-0.05, 0) is 37.6 Å². The monoisotopic (exact) mass is 305 g/mol. The fourth-order valence-electron chi connectivity index (χ4n) is 2.23. The van der Waals surface area contributed by atoms with Gasteiger partial charge in [0.05, 0.1) is 12.2 Å². The highest BCUT2D eigenvalue weighted by Crippen LogP contribution is 2.17. The van der Waals surface area contributed by atoms with Gasteiger partial charge in [-0.1, -0.05) is 0 Å². The first-order valence-electron chi connectivity index (χ1n) is 6.26. The normalized spacial score (nSPS) is 18.6. The lowest BCUT2D eigenvalue weighted by Gasteiger charge is -2.15. The summed E-state index contributed by atoms with van der Waals surface area (Å²) in [5, 5.41) is 2.38. The molecule has 0 spiro atoms. The first kappa shape index (κ1) is 16.8. The van der Waals surface area contributed by atoms with Crippen molar-refractivity contribution in [2.24, 2.45) is 11.7 Å². The van der Waals surface area contributed by atoms with Crippen LogP contribution in [-0.4, -0.2) is 37.0 Å². The van der Waals surface area contributed by atoms with Gasteiger partial charge in [-0.3, -0.25) is 9.69 Å². The quantitative estimate of drug-likeness (QED) is 0.888. The van der Waals surface area contributed by atoms with E-state index in [1.165, 1.54) is 0 Å². The van der Waals surface area contributed by atoms with Crippen molar-refractivity contribution in [3.8, 4) is 0 Å². The van der Waals surface area contributed by atoms with Crippen molar-refractivity contribution in [3.05, 3.63) is 29.8 Å². The van der Waals surface area contributed by atoms with Crippen molar-refractivity contribution in [1.29, 1.82) is 0 Å². The molecule has 1 saturated heterocycles. The second kappa shape index (κ2) is 7.52. The van der Waals surface area contributed by atoms with Gasteiger partial charge in [-0.15, -0.1) is 12.4 Å². The maximum atomic E-state index is 13.3. The van der Waals surface area contributed by atoms with Crippen LogP contribution in [0, 0.1) is 17.6 Å². The number of anilines is 1. The maximum Gasteiger partial charge on any atom is 0.238 e. The predicted octanol–water partition coefficient (Wildman–Crippen LogP) is 1.61. The molecule has 20 heavy (non-hydrogen) atoms. The zero-order valence-electron chi connectivity index (χ0n) is 10.9. The van der Waals surface area contributed by atoms with Crippen LogP contribution in [0.5, 0.6) is 0 Å². The lowest BCUT2D eigenvalue weighted by molar-refractivity contribution is -0.117. The first-order valence-corrected chi connectivity index (χ1v) is 6.26. The Morgan fingerprint density at radius 3 is 2.85 bits per heavy atom. The molecule has 1 amide bonds. The number of amides is 1. The summed E-state index contributed by atoms with van der Waals surface area (Å²) >= 11 is 0.